The van der Waals surface area contributed by atoms with Crippen LogP contribution in [0.15, 0.2) is 35.3 Å². The van der Waals surface area contributed by atoms with Gasteiger partial charge in [0, 0.05) is 17.8 Å². The Bertz CT molecular complexity index is 685. The topological polar surface area (TPSA) is 87.4 Å². The van der Waals surface area contributed by atoms with Gasteiger partial charge in [0.15, 0.2) is 0 Å². The maximum absolute atomic E-state index is 12.1. The first kappa shape index (κ1) is 13.4. The number of rotatable bonds is 3. The molecule has 1 atom stereocenters. The summed E-state index contributed by atoms with van der Waals surface area (Å²) in [6.07, 6.45) is 0. The van der Waals surface area contributed by atoms with Gasteiger partial charge in [-0.2, -0.15) is 10.1 Å². The molecule has 2 heterocycles. The molecule has 108 valence electrons. The largest absolute Gasteiger partial charge is 0.385 e. The third kappa shape index (κ3) is 2.29. The Hall–Kier alpha value is -2.63. The highest BCUT2D eigenvalue weighted by molar-refractivity contribution is 6.03. The van der Waals surface area contributed by atoms with E-state index in [1.807, 2.05) is 44.2 Å². The first-order valence-corrected chi connectivity index (χ1v) is 6.78. The minimum absolute atomic E-state index is 0.304. The molecule has 21 heavy (non-hydrogen) atoms. The summed E-state index contributed by atoms with van der Waals surface area (Å²) in [4.78, 5) is 17.7. The monoisotopic (exact) mass is 283 g/mol. The fourth-order valence-corrected chi connectivity index (χ4v) is 2.71. The molecule has 1 aliphatic heterocycles. The van der Waals surface area contributed by atoms with Crippen molar-refractivity contribution in [2.45, 2.75) is 26.4 Å². The summed E-state index contributed by atoms with van der Waals surface area (Å²) in [5.74, 6) is 0.323. The van der Waals surface area contributed by atoms with Crippen molar-refractivity contribution in [2.24, 2.45) is 10.7 Å². The van der Waals surface area contributed by atoms with Crippen molar-refractivity contribution in [3.63, 3.8) is 0 Å². The summed E-state index contributed by atoms with van der Waals surface area (Å²) in [6, 6.07) is 9.15. The highest BCUT2D eigenvalue weighted by Crippen LogP contribution is 2.31. The number of nitrogens with one attached hydrogen (secondary N) is 1. The van der Waals surface area contributed by atoms with Gasteiger partial charge in [0.2, 0.25) is 0 Å². The van der Waals surface area contributed by atoms with Crippen molar-refractivity contribution in [1.29, 1.82) is 0 Å². The predicted molar refractivity (Wildman–Crippen MR) is 79.8 cm³/mol. The molecule has 3 N–H and O–H groups in total. The standard InChI is InChI=1S/C15H17N5O/c1-9-12(10(2)19-18-9)13-14(16)17-15(21)20(13)8-11-6-4-3-5-7-11/h3-7,13H,8H2,1-2H3,(H,18,19)(H2,16,17,21). The molecular weight excluding hydrogens is 266 g/mol. The van der Waals surface area contributed by atoms with Gasteiger partial charge in [-0.15, -0.1) is 0 Å². The lowest BCUT2D eigenvalue weighted by Gasteiger charge is -2.24. The van der Waals surface area contributed by atoms with Crippen LogP contribution in [0.25, 0.3) is 0 Å². The summed E-state index contributed by atoms with van der Waals surface area (Å²) >= 11 is 0. The normalized spacial score (nSPS) is 18.2. The number of carbonyl (C=O) groups excluding carboxylic acids is 1. The third-order valence-corrected chi connectivity index (χ3v) is 3.72. The lowest BCUT2D eigenvalue weighted by molar-refractivity contribution is 0.203. The van der Waals surface area contributed by atoms with Gasteiger partial charge in [0.05, 0.1) is 5.69 Å². The molecule has 0 saturated carbocycles. The first-order chi connectivity index (χ1) is 10.1. The molecule has 6 nitrogen and oxygen atoms in total. The number of H-pyrrole nitrogens is 1. The van der Waals surface area contributed by atoms with Crippen LogP contribution in [0, 0.1) is 13.8 Å². The van der Waals surface area contributed by atoms with Crippen LogP contribution in [0.3, 0.4) is 0 Å². The van der Waals surface area contributed by atoms with Gasteiger partial charge in [-0.05, 0) is 19.4 Å². The van der Waals surface area contributed by atoms with Crippen LogP contribution in [-0.2, 0) is 6.54 Å². The Morgan fingerprint density at radius 3 is 2.62 bits per heavy atom. The van der Waals surface area contributed by atoms with Crippen molar-refractivity contribution in [1.82, 2.24) is 15.1 Å². The second-order valence-electron chi connectivity index (χ2n) is 5.18. The molecule has 0 aliphatic carbocycles. The summed E-state index contributed by atoms with van der Waals surface area (Å²) in [5.41, 5.74) is 9.70. The van der Waals surface area contributed by atoms with E-state index in [1.54, 1.807) is 4.90 Å². The SMILES string of the molecule is Cc1n[nH]c(C)c1C1C(N)=NC(=O)N1Cc1ccccc1. The van der Waals surface area contributed by atoms with Gasteiger partial charge in [0.25, 0.3) is 0 Å². The number of amides is 2. The minimum Gasteiger partial charge on any atom is -0.385 e. The number of hydrogen-bond donors (Lipinski definition) is 2. The number of urea groups is 1. The molecule has 0 bridgehead atoms. The van der Waals surface area contributed by atoms with Crippen LogP contribution in [0.2, 0.25) is 0 Å². The maximum atomic E-state index is 12.1. The number of nitrogens with two attached hydrogens (primary N) is 1. The molecule has 0 spiro atoms. The van der Waals surface area contributed by atoms with E-state index in [0.717, 1.165) is 22.5 Å². The third-order valence-electron chi connectivity index (χ3n) is 3.72. The maximum Gasteiger partial charge on any atom is 0.346 e. The summed E-state index contributed by atoms with van der Waals surface area (Å²) < 4.78 is 0. The lowest BCUT2D eigenvalue weighted by atomic mass is 10.0. The zero-order chi connectivity index (χ0) is 15.0. The van der Waals surface area contributed by atoms with Crippen LogP contribution < -0.4 is 5.73 Å². The first-order valence-electron chi connectivity index (χ1n) is 6.78. The summed E-state index contributed by atoms with van der Waals surface area (Å²) in [6.45, 7) is 4.29. The van der Waals surface area contributed by atoms with Gasteiger partial charge in [-0.1, -0.05) is 30.3 Å². The van der Waals surface area contributed by atoms with E-state index in [2.05, 4.69) is 15.2 Å². The van der Waals surface area contributed by atoms with Crippen molar-refractivity contribution >= 4 is 11.9 Å². The molecule has 1 unspecified atom stereocenters. The summed E-state index contributed by atoms with van der Waals surface area (Å²) in [5, 5.41) is 7.12. The van der Waals surface area contributed by atoms with Gasteiger partial charge in [-0.25, -0.2) is 4.79 Å². The van der Waals surface area contributed by atoms with Gasteiger partial charge >= 0.3 is 6.03 Å². The molecule has 0 radical (unpaired) electrons. The van der Waals surface area contributed by atoms with E-state index in [0.29, 0.717) is 12.4 Å². The van der Waals surface area contributed by atoms with E-state index in [-0.39, 0.29) is 12.1 Å². The van der Waals surface area contributed by atoms with E-state index < -0.39 is 0 Å². The number of benzene rings is 1. The number of aliphatic imine (C=N–C) groups is 1. The fourth-order valence-electron chi connectivity index (χ4n) is 2.71. The van der Waals surface area contributed by atoms with Gasteiger partial charge in [-0.3, -0.25) is 5.10 Å². The predicted octanol–water partition coefficient (Wildman–Crippen LogP) is 2.06. The van der Waals surface area contributed by atoms with Crippen LogP contribution >= 0.6 is 0 Å². The van der Waals surface area contributed by atoms with Crippen LogP contribution in [0.5, 0.6) is 0 Å². The van der Waals surface area contributed by atoms with Crippen molar-refractivity contribution in [3.8, 4) is 0 Å². The molecule has 6 heteroatoms. The van der Waals surface area contributed by atoms with Gasteiger partial charge in [0.1, 0.15) is 11.9 Å². The zero-order valence-corrected chi connectivity index (χ0v) is 12.0. The Labute approximate surface area is 122 Å². The quantitative estimate of drug-likeness (QED) is 0.903. The number of nitrogens with zero attached hydrogens (tertiary/aromatic N) is 3. The Balaban J connectivity index is 1.97. The van der Waals surface area contributed by atoms with Crippen LogP contribution in [0.4, 0.5) is 4.79 Å². The Morgan fingerprint density at radius 1 is 1.29 bits per heavy atom. The minimum atomic E-state index is -0.351. The molecule has 1 aromatic carbocycles. The van der Waals surface area contributed by atoms with E-state index in [4.69, 9.17) is 5.73 Å². The van der Waals surface area contributed by atoms with Crippen molar-refractivity contribution < 1.29 is 4.79 Å². The number of aryl methyl sites for hydroxylation is 2. The second kappa shape index (κ2) is 5.05. The molecule has 3 rings (SSSR count). The highest BCUT2D eigenvalue weighted by Gasteiger charge is 2.37. The molecule has 1 aliphatic rings. The van der Waals surface area contributed by atoms with Crippen LogP contribution in [0.1, 0.15) is 28.6 Å². The number of amidine groups is 1. The van der Waals surface area contributed by atoms with E-state index in [1.165, 1.54) is 0 Å². The van der Waals surface area contributed by atoms with Crippen molar-refractivity contribution in [2.75, 3.05) is 0 Å². The van der Waals surface area contributed by atoms with E-state index in [9.17, 15) is 4.79 Å². The average molecular weight is 283 g/mol. The Kier molecular flexibility index (Phi) is 3.21. The molecule has 0 saturated heterocycles. The average Bonchev–Trinajstić information content (AvgIpc) is 2.92. The second-order valence-corrected chi connectivity index (χ2v) is 5.18. The van der Waals surface area contributed by atoms with E-state index >= 15 is 0 Å². The fraction of sp³-hybridized carbons (Fsp3) is 0.267. The smallest absolute Gasteiger partial charge is 0.346 e. The number of carbonyl (C=O) groups is 1. The summed E-state index contributed by atoms with van der Waals surface area (Å²) in [7, 11) is 0. The van der Waals surface area contributed by atoms with Crippen LogP contribution in [-0.4, -0.2) is 27.0 Å². The number of aromatic amines is 1. The highest BCUT2D eigenvalue weighted by atomic mass is 16.2. The molecule has 2 aromatic rings. The molecule has 1 aromatic heterocycles. The molecule has 2 amide bonds. The van der Waals surface area contributed by atoms with Gasteiger partial charge < -0.3 is 10.6 Å². The van der Waals surface area contributed by atoms with Crippen molar-refractivity contribution in [3.05, 3.63) is 52.8 Å². The Morgan fingerprint density at radius 2 is 2.00 bits per heavy atom. The lowest BCUT2D eigenvalue weighted by Crippen LogP contribution is -2.33. The number of hydrogen-bond acceptors (Lipinski definition) is 3. The number of aromatic nitrogens is 2. The molecular formula is C15H17N5O. The molecule has 0 fully saturated rings. The zero-order valence-electron chi connectivity index (χ0n) is 12.0.